The van der Waals surface area contributed by atoms with Crippen molar-refractivity contribution in [1.29, 1.82) is 0 Å². The van der Waals surface area contributed by atoms with Crippen LogP contribution in [0.15, 0.2) is 48.5 Å². The zero-order valence-electron chi connectivity index (χ0n) is 11.5. The van der Waals surface area contributed by atoms with Crippen LogP contribution in [0, 0.1) is 0 Å². The lowest BCUT2D eigenvalue weighted by Crippen LogP contribution is -2.15. The SMILES string of the molecule is COc1ccc(C2OC(C)(C)c3ccccc32)cc1. The van der Waals surface area contributed by atoms with Crippen molar-refractivity contribution in [3.8, 4) is 5.75 Å². The van der Waals surface area contributed by atoms with E-state index in [9.17, 15) is 0 Å². The first-order chi connectivity index (χ1) is 9.12. The summed E-state index contributed by atoms with van der Waals surface area (Å²) in [7, 11) is 1.68. The van der Waals surface area contributed by atoms with Gasteiger partial charge in [0.05, 0.1) is 12.7 Å². The molecule has 0 N–H and O–H groups in total. The van der Waals surface area contributed by atoms with E-state index >= 15 is 0 Å². The van der Waals surface area contributed by atoms with E-state index in [1.807, 2.05) is 12.1 Å². The predicted molar refractivity (Wildman–Crippen MR) is 75.4 cm³/mol. The number of rotatable bonds is 2. The van der Waals surface area contributed by atoms with Crippen LogP contribution in [0.3, 0.4) is 0 Å². The molecule has 0 saturated carbocycles. The number of methoxy groups -OCH3 is 1. The molecule has 0 spiro atoms. The highest BCUT2D eigenvalue weighted by atomic mass is 16.5. The highest BCUT2D eigenvalue weighted by molar-refractivity contribution is 5.43. The summed E-state index contributed by atoms with van der Waals surface area (Å²) in [6.07, 6.45) is 0.0112. The summed E-state index contributed by atoms with van der Waals surface area (Å²) in [6.45, 7) is 4.24. The van der Waals surface area contributed by atoms with Gasteiger partial charge in [-0.25, -0.2) is 0 Å². The highest BCUT2D eigenvalue weighted by Gasteiger charge is 2.37. The molecule has 1 heterocycles. The van der Waals surface area contributed by atoms with E-state index in [1.165, 1.54) is 16.7 Å². The fourth-order valence-corrected chi connectivity index (χ4v) is 2.72. The second kappa shape index (κ2) is 4.39. The minimum absolute atomic E-state index is 0.0112. The summed E-state index contributed by atoms with van der Waals surface area (Å²) < 4.78 is 11.4. The van der Waals surface area contributed by atoms with E-state index in [0.29, 0.717) is 0 Å². The third kappa shape index (κ3) is 2.02. The minimum Gasteiger partial charge on any atom is -0.497 e. The fraction of sp³-hybridized carbons (Fsp3) is 0.294. The smallest absolute Gasteiger partial charge is 0.118 e. The quantitative estimate of drug-likeness (QED) is 0.805. The molecule has 1 aliphatic rings. The molecule has 19 heavy (non-hydrogen) atoms. The molecule has 2 aromatic rings. The van der Waals surface area contributed by atoms with Crippen LogP contribution in [0.25, 0.3) is 0 Å². The monoisotopic (exact) mass is 254 g/mol. The van der Waals surface area contributed by atoms with Gasteiger partial charge in [0.15, 0.2) is 0 Å². The normalized spacial score (nSPS) is 20.1. The summed E-state index contributed by atoms with van der Waals surface area (Å²) in [4.78, 5) is 0. The number of ether oxygens (including phenoxy) is 2. The first-order valence-electron chi connectivity index (χ1n) is 6.53. The molecule has 2 nitrogen and oxygen atoms in total. The van der Waals surface area contributed by atoms with Crippen LogP contribution in [-0.4, -0.2) is 7.11 Å². The Hall–Kier alpha value is -1.80. The maximum Gasteiger partial charge on any atom is 0.118 e. The average molecular weight is 254 g/mol. The van der Waals surface area contributed by atoms with E-state index < -0.39 is 0 Å². The maximum absolute atomic E-state index is 6.24. The van der Waals surface area contributed by atoms with Gasteiger partial charge in [-0.15, -0.1) is 0 Å². The first kappa shape index (κ1) is 12.2. The van der Waals surface area contributed by atoms with Crippen molar-refractivity contribution < 1.29 is 9.47 Å². The van der Waals surface area contributed by atoms with Gasteiger partial charge >= 0.3 is 0 Å². The van der Waals surface area contributed by atoms with Crippen LogP contribution >= 0.6 is 0 Å². The lowest BCUT2D eigenvalue weighted by molar-refractivity contribution is -0.0340. The Labute approximate surface area is 114 Å². The van der Waals surface area contributed by atoms with Gasteiger partial charge in [0.2, 0.25) is 0 Å². The number of hydrogen-bond acceptors (Lipinski definition) is 2. The van der Waals surface area contributed by atoms with Gasteiger partial charge in [0.25, 0.3) is 0 Å². The Morgan fingerprint density at radius 1 is 1.00 bits per heavy atom. The van der Waals surface area contributed by atoms with E-state index in [2.05, 4.69) is 50.2 Å². The van der Waals surface area contributed by atoms with E-state index in [1.54, 1.807) is 7.11 Å². The maximum atomic E-state index is 6.24. The average Bonchev–Trinajstić information content (AvgIpc) is 2.72. The molecule has 0 fully saturated rings. The van der Waals surface area contributed by atoms with Crippen molar-refractivity contribution in [2.45, 2.75) is 25.6 Å². The number of hydrogen-bond donors (Lipinski definition) is 0. The van der Waals surface area contributed by atoms with Gasteiger partial charge in [0, 0.05) is 0 Å². The zero-order valence-corrected chi connectivity index (χ0v) is 11.5. The summed E-state index contributed by atoms with van der Waals surface area (Å²) in [6, 6.07) is 16.5. The van der Waals surface area contributed by atoms with Crippen LogP contribution in [0.5, 0.6) is 5.75 Å². The molecule has 1 unspecified atom stereocenters. The Morgan fingerprint density at radius 2 is 1.68 bits per heavy atom. The van der Waals surface area contributed by atoms with E-state index in [4.69, 9.17) is 9.47 Å². The Balaban J connectivity index is 2.03. The van der Waals surface area contributed by atoms with Gasteiger partial charge in [-0.1, -0.05) is 36.4 Å². The third-order valence-electron chi connectivity index (χ3n) is 3.72. The highest BCUT2D eigenvalue weighted by Crippen LogP contribution is 2.45. The van der Waals surface area contributed by atoms with Gasteiger partial charge < -0.3 is 9.47 Å². The summed E-state index contributed by atoms with van der Waals surface area (Å²) >= 11 is 0. The van der Waals surface area contributed by atoms with E-state index in [0.717, 1.165) is 5.75 Å². The van der Waals surface area contributed by atoms with Crippen molar-refractivity contribution in [2.75, 3.05) is 7.11 Å². The Bertz CT molecular complexity index is 584. The molecule has 3 rings (SSSR count). The van der Waals surface area contributed by atoms with Gasteiger partial charge in [0.1, 0.15) is 11.9 Å². The molecule has 0 radical (unpaired) electrons. The standard InChI is InChI=1S/C17H18O2/c1-17(2)15-7-5-4-6-14(15)16(19-17)12-8-10-13(18-3)11-9-12/h4-11,16H,1-3H3. The molecule has 0 aliphatic carbocycles. The fourth-order valence-electron chi connectivity index (χ4n) is 2.72. The molecular weight excluding hydrogens is 236 g/mol. The molecule has 1 atom stereocenters. The zero-order chi connectivity index (χ0) is 13.5. The number of benzene rings is 2. The molecule has 1 aliphatic heterocycles. The van der Waals surface area contributed by atoms with Crippen LogP contribution in [0.2, 0.25) is 0 Å². The molecular formula is C17H18O2. The molecule has 2 aromatic carbocycles. The molecule has 0 aromatic heterocycles. The van der Waals surface area contributed by atoms with Crippen molar-refractivity contribution in [3.63, 3.8) is 0 Å². The van der Waals surface area contributed by atoms with Crippen molar-refractivity contribution >= 4 is 0 Å². The molecule has 98 valence electrons. The second-order valence-electron chi connectivity index (χ2n) is 5.37. The van der Waals surface area contributed by atoms with Crippen molar-refractivity contribution in [3.05, 3.63) is 65.2 Å². The predicted octanol–water partition coefficient (Wildman–Crippen LogP) is 4.05. The van der Waals surface area contributed by atoms with Crippen LogP contribution in [-0.2, 0) is 10.3 Å². The van der Waals surface area contributed by atoms with Crippen LogP contribution in [0.1, 0.15) is 36.6 Å². The minimum atomic E-state index is -0.235. The summed E-state index contributed by atoms with van der Waals surface area (Å²) in [5.74, 6) is 0.870. The van der Waals surface area contributed by atoms with Crippen LogP contribution < -0.4 is 4.74 Å². The second-order valence-corrected chi connectivity index (χ2v) is 5.37. The Kier molecular flexibility index (Phi) is 2.83. The first-order valence-corrected chi connectivity index (χ1v) is 6.53. The number of fused-ring (bicyclic) bond motifs is 1. The third-order valence-corrected chi connectivity index (χ3v) is 3.72. The van der Waals surface area contributed by atoms with Gasteiger partial charge in [-0.2, -0.15) is 0 Å². The molecule has 2 heteroatoms. The molecule has 0 saturated heterocycles. The van der Waals surface area contributed by atoms with Gasteiger partial charge in [-0.05, 0) is 42.7 Å². The van der Waals surface area contributed by atoms with Crippen molar-refractivity contribution in [1.82, 2.24) is 0 Å². The summed E-state index contributed by atoms with van der Waals surface area (Å²) in [5.41, 5.74) is 3.47. The topological polar surface area (TPSA) is 18.5 Å². The molecule has 0 bridgehead atoms. The molecule has 0 amide bonds. The van der Waals surface area contributed by atoms with E-state index in [-0.39, 0.29) is 11.7 Å². The van der Waals surface area contributed by atoms with Crippen molar-refractivity contribution in [2.24, 2.45) is 0 Å². The largest absolute Gasteiger partial charge is 0.497 e. The van der Waals surface area contributed by atoms with Crippen LogP contribution in [0.4, 0.5) is 0 Å². The van der Waals surface area contributed by atoms with Gasteiger partial charge in [-0.3, -0.25) is 0 Å². The lowest BCUT2D eigenvalue weighted by Gasteiger charge is -2.20. The Morgan fingerprint density at radius 3 is 2.37 bits per heavy atom. The summed E-state index contributed by atoms with van der Waals surface area (Å²) in [5, 5.41) is 0. The lowest BCUT2D eigenvalue weighted by atomic mass is 9.93.